The van der Waals surface area contributed by atoms with Crippen LogP contribution in [-0.4, -0.2) is 5.88 Å². The molecule has 12 heavy (non-hydrogen) atoms. The Labute approximate surface area is 85.5 Å². The van der Waals surface area contributed by atoms with E-state index < -0.39 is 0 Å². The molecule has 0 amide bonds. The number of hydrogen-bond donors (Lipinski definition) is 0. The lowest BCUT2D eigenvalue weighted by molar-refractivity contribution is 0.756. The summed E-state index contributed by atoms with van der Waals surface area (Å²) in [6.45, 7) is 0. The van der Waals surface area contributed by atoms with Crippen molar-refractivity contribution in [3.8, 4) is 6.07 Å². The molecule has 1 heterocycles. The topological polar surface area (TPSA) is 23.8 Å². The zero-order valence-electron chi connectivity index (χ0n) is 6.26. The average molecular weight is 220 g/mol. The van der Waals surface area contributed by atoms with Crippen LogP contribution in [0.4, 0.5) is 0 Å². The van der Waals surface area contributed by atoms with Gasteiger partial charge in [-0.25, -0.2) is 0 Å². The SMILES string of the molecule is N#CC(CCl)Cc1ccc(Cl)s1. The second-order valence-electron chi connectivity index (χ2n) is 2.39. The summed E-state index contributed by atoms with van der Waals surface area (Å²) in [5.41, 5.74) is 0. The average Bonchev–Trinajstić information content (AvgIpc) is 2.47. The number of alkyl halides is 1. The fraction of sp³-hybridized carbons (Fsp3) is 0.375. The van der Waals surface area contributed by atoms with Gasteiger partial charge in [-0.3, -0.25) is 0 Å². The van der Waals surface area contributed by atoms with Crippen LogP contribution in [-0.2, 0) is 6.42 Å². The molecule has 0 saturated carbocycles. The van der Waals surface area contributed by atoms with Gasteiger partial charge in [0, 0.05) is 10.8 Å². The Morgan fingerprint density at radius 2 is 2.33 bits per heavy atom. The van der Waals surface area contributed by atoms with E-state index in [4.69, 9.17) is 28.5 Å². The third-order valence-electron chi connectivity index (χ3n) is 1.45. The third kappa shape index (κ3) is 2.67. The van der Waals surface area contributed by atoms with E-state index in [9.17, 15) is 0 Å². The van der Waals surface area contributed by atoms with Crippen LogP contribution < -0.4 is 0 Å². The van der Waals surface area contributed by atoms with Crippen LogP contribution in [0.25, 0.3) is 0 Å². The first-order valence-corrected chi connectivity index (χ1v) is 5.19. The van der Waals surface area contributed by atoms with Crippen molar-refractivity contribution in [1.29, 1.82) is 5.26 Å². The molecular formula is C8H7Cl2NS. The van der Waals surface area contributed by atoms with Crippen molar-refractivity contribution in [3.05, 3.63) is 21.3 Å². The molecule has 0 bridgehead atoms. The van der Waals surface area contributed by atoms with Gasteiger partial charge in [-0.05, 0) is 18.6 Å². The minimum Gasteiger partial charge on any atom is -0.198 e. The normalized spacial score (nSPS) is 12.4. The Bertz CT molecular complexity index is 289. The van der Waals surface area contributed by atoms with Gasteiger partial charge in [0.05, 0.1) is 16.3 Å². The number of halogens is 2. The maximum absolute atomic E-state index is 8.63. The fourth-order valence-corrected chi connectivity index (χ4v) is 2.18. The monoisotopic (exact) mass is 219 g/mol. The van der Waals surface area contributed by atoms with Crippen LogP contribution in [0.5, 0.6) is 0 Å². The van der Waals surface area contributed by atoms with E-state index in [-0.39, 0.29) is 5.92 Å². The minimum atomic E-state index is -0.0959. The molecule has 1 aromatic rings. The van der Waals surface area contributed by atoms with Crippen LogP contribution in [0.2, 0.25) is 4.34 Å². The summed E-state index contributed by atoms with van der Waals surface area (Å²) >= 11 is 12.8. The van der Waals surface area contributed by atoms with Gasteiger partial charge in [0.1, 0.15) is 0 Å². The van der Waals surface area contributed by atoms with E-state index in [0.29, 0.717) is 12.3 Å². The lowest BCUT2D eigenvalue weighted by atomic mass is 10.1. The van der Waals surface area contributed by atoms with Gasteiger partial charge < -0.3 is 0 Å². The first-order chi connectivity index (χ1) is 5.76. The van der Waals surface area contributed by atoms with E-state index in [0.717, 1.165) is 9.21 Å². The highest BCUT2D eigenvalue weighted by molar-refractivity contribution is 7.16. The summed E-state index contributed by atoms with van der Waals surface area (Å²) < 4.78 is 0.760. The second kappa shape index (κ2) is 4.71. The lowest BCUT2D eigenvalue weighted by Crippen LogP contribution is -2.01. The number of nitriles is 1. The molecular weight excluding hydrogens is 213 g/mol. The molecule has 0 aliphatic heterocycles. The molecule has 64 valence electrons. The van der Waals surface area contributed by atoms with Gasteiger partial charge in [0.2, 0.25) is 0 Å². The zero-order chi connectivity index (χ0) is 8.97. The number of hydrogen-bond acceptors (Lipinski definition) is 2. The molecule has 0 aliphatic rings. The second-order valence-corrected chi connectivity index (χ2v) is 4.50. The number of thiophene rings is 1. The fourth-order valence-electron chi connectivity index (χ4n) is 0.839. The molecule has 0 saturated heterocycles. The van der Waals surface area contributed by atoms with Crippen LogP contribution in [0.3, 0.4) is 0 Å². The molecule has 1 rings (SSSR count). The predicted molar refractivity (Wildman–Crippen MR) is 52.9 cm³/mol. The van der Waals surface area contributed by atoms with Crippen LogP contribution in [0, 0.1) is 17.2 Å². The largest absolute Gasteiger partial charge is 0.198 e. The van der Waals surface area contributed by atoms with Crippen LogP contribution in [0.1, 0.15) is 4.88 Å². The highest BCUT2D eigenvalue weighted by Crippen LogP contribution is 2.23. The van der Waals surface area contributed by atoms with Crippen molar-refractivity contribution in [2.45, 2.75) is 6.42 Å². The lowest BCUT2D eigenvalue weighted by Gasteiger charge is -2.00. The molecule has 0 radical (unpaired) electrons. The summed E-state index contributed by atoms with van der Waals surface area (Å²) in [5, 5.41) is 8.63. The highest BCUT2D eigenvalue weighted by atomic mass is 35.5. The summed E-state index contributed by atoms with van der Waals surface area (Å²) in [5.74, 6) is 0.285. The molecule has 0 aliphatic carbocycles. The van der Waals surface area contributed by atoms with E-state index in [1.165, 1.54) is 11.3 Å². The molecule has 1 unspecified atom stereocenters. The van der Waals surface area contributed by atoms with Crippen molar-refractivity contribution in [2.75, 3.05) is 5.88 Å². The first-order valence-electron chi connectivity index (χ1n) is 3.46. The minimum absolute atomic E-state index is 0.0959. The molecule has 1 atom stereocenters. The van der Waals surface area contributed by atoms with Gasteiger partial charge in [-0.2, -0.15) is 5.26 Å². The molecule has 0 aromatic carbocycles. The Kier molecular flexibility index (Phi) is 3.87. The smallest absolute Gasteiger partial charge is 0.0931 e. The number of nitrogens with zero attached hydrogens (tertiary/aromatic N) is 1. The van der Waals surface area contributed by atoms with Gasteiger partial charge >= 0.3 is 0 Å². The zero-order valence-corrected chi connectivity index (χ0v) is 8.59. The number of rotatable bonds is 3. The van der Waals surface area contributed by atoms with Crippen LogP contribution >= 0.6 is 34.5 Å². The molecule has 1 nitrogen and oxygen atoms in total. The van der Waals surface area contributed by atoms with E-state index in [2.05, 4.69) is 6.07 Å². The van der Waals surface area contributed by atoms with Gasteiger partial charge in [-0.15, -0.1) is 22.9 Å². The summed E-state index contributed by atoms with van der Waals surface area (Å²) in [6.07, 6.45) is 0.706. The quantitative estimate of drug-likeness (QED) is 0.716. The van der Waals surface area contributed by atoms with Gasteiger partial charge in [-0.1, -0.05) is 11.6 Å². The molecule has 4 heteroatoms. The van der Waals surface area contributed by atoms with Crippen molar-refractivity contribution in [3.63, 3.8) is 0 Å². The molecule has 0 fully saturated rings. The van der Waals surface area contributed by atoms with Crippen molar-refractivity contribution >= 4 is 34.5 Å². The third-order valence-corrected chi connectivity index (χ3v) is 3.07. The Morgan fingerprint density at radius 3 is 2.75 bits per heavy atom. The summed E-state index contributed by atoms with van der Waals surface area (Å²) in [4.78, 5) is 1.12. The van der Waals surface area contributed by atoms with Crippen molar-refractivity contribution in [2.24, 2.45) is 5.92 Å². The Balaban J connectivity index is 2.58. The highest BCUT2D eigenvalue weighted by Gasteiger charge is 2.08. The van der Waals surface area contributed by atoms with Crippen LogP contribution in [0.15, 0.2) is 12.1 Å². The van der Waals surface area contributed by atoms with E-state index in [1.807, 2.05) is 12.1 Å². The molecule has 1 aromatic heterocycles. The molecule has 0 spiro atoms. The van der Waals surface area contributed by atoms with Crippen molar-refractivity contribution < 1.29 is 0 Å². The Morgan fingerprint density at radius 1 is 1.58 bits per heavy atom. The van der Waals surface area contributed by atoms with Gasteiger partial charge in [0.15, 0.2) is 0 Å². The first kappa shape index (κ1) is 9.85. The summed E-state index contributed by atoms with van der Waals surface area (Å²) in [7, 11) is 0. The Hall–Kier alpha value is -0.230. The maximum Gasteiger partial charge on any atom is 0.0931 e. The standard InChI is InChI=1S/C8H7Cl2NS/c9-4-6(5-11)3-7-1-2-8(10)12-7/h1-2,6H,3-4H2. The molecule has 0 N–H and O–H groups in total. The summed E-state index contributed by atoms with van der Waals surface area (Å²) in [6, 6.07) is 5.91. The van der Waals surface area contributed by atoms with E-state index in [1.54, 1.807) is 0 Å². The van der Waals surface area contributed by atoms with Gasteiger partial charge in [0.25, 0.3) is 0 Å². The van der Waals surface area contributed by atoms with E-state index >= 15 is 0 Å². The van der Waals surface area contributed by atoms with Crippen molar-refractivity contribution in [1.82, 2.24) is 0 Å². The predicted octanol–water partition coefficient (Wildman–Crippen LogP) is 3.32. The maximum atomic E-state index is 8.63.